The molecule has 2 heterocycles. The van der Waals surface area contributed by atoms with Crippen molar-refractivity contribution in [2.75, 3.05) is 0 Å². The number of fused-ring (bicyclic) bond motifs is 6. The summed E-state index contributed by atoms with van der Waals surface area (Å²) in [5.41, 5.74) is 25.1. The van der Waals surface area contributed by atoms with E-state index in [9.17, 15) is 0 Å². The van der Waals surface area contributed by atoms with Gasteiger partial charge >= 0.3 is 0 Å². The number of para-hydroxylation sites is 1. The number of furan rings is 1. The van der Waals surface area contributed by atoms with Gasteiger partial charge in [0.1, 0.15) is 11.2 Å². The van der Waals surface area contributed by atoms with E-state index < -0.39 is 0 Å². The second kappa shape index (κ2) is 16.1. The van der Waals surface area contributed by atoms with E-state index >= 15 is 0 Å². The predicted molar refractivity (Wildman–Crippen MR) is 232 cm³/mol. The third kappa shape index (κ3) is 7.42. The molecule has 268 valence electrons. The predicted octanol–water partition coefficient (Wildman–Crippen LogP) is 12.6. The van der Waals surface area contributed by atoms with Gasteiger partial charge in [0.2, 0.25) is 0 Å². The quantitative estimate of drug-likeness (QED) is 0.187. The van der Waals surface area contributed by atoms with Crippen LogP contribution in [0.5, 0.6) is 0 Å². The smallest absolute Gasteiger partial charge is 0.135 e. The van der Waals surface area contributed by atoms with Crippen LogP contribution in [0.25, 0.3) is 71.7 Å². The zero-order valence-electron chi connectivity index (χ0n) is 30.9. The summed E-state index contributed by atoms with van der Waals surface area (Å²) in [4.78, 5) is 0. The van der Waals surface area contributed by atoms with Gasteiger partial charge in [0.05, 0.1) is 11.0 Å². The van der Waals surface area contributed by atoms with E-state index in [-0.39, 0.29) is 0 Å². The highest BCUT2D eigenvalue weighted by molar-refractivity contribution is 6.11. The van der Waals surface area contributed by atoms with Crippen LogP contribution in [0, 0.1) is 6.92 Å². The number of aryl methyl sites for hydroxylation is 1. The minimum absolute atomic E-state index is 0.479. The Morgan fingerprint density at radius 3 is 1.73 bits per heavy atom. The van der Waals surface area contributed by atoms with Gasteiger partial charge in [-0.25, -0.2) is 0 Å². The van der Waals surface area contributed by atoms with Crippen LogP contribution in [0.2, 0.25) is 0 Å². The van der Waals surface area contributed by atoms with E-state index in [1.165, 1.54) is 49.6 Å². The minimum Gasteiger partial charge on any atom is -0.456 e. The molecule has 4 N–H and O–H groups in total. The van der Waals surface area contributed by atoms with Crippen molar-refractivity contribution in [1.29, 1.82) is 0 Å². The van der Waals surface area contributed by atoms with Crippen LogP contribution >= 0.6 is 0 Å². The van der Waals surface area contributed by atoms with E-state index in [2.05, 4.69) is 145 Å². The first kappa shape index (κ1) is 35.3. The molecule has 0 aliphatic heterocycles. The molecule has 0 unspecified atom stereocenters. The van der Waals surface area contributed by atoms with Gasteiger partial charge < -0.3 is 20.5 Å². The van der Waals surface area contributed by atoms with Crippen LogP contribution in [0.4, 0.5) is 0 Å². The van der Waals surface area contributed by atoms with Crippen molar-refractivity contribution in [3.8, 4) is 27.9 Å². The summed E-state index contributed by atoms with van der Waals surface area (Å²) >= 11 is 0. The fraction of sp³-hybridized carbons (Fsp3) is 0.0588. The highest BCUT2D eigenvalue weighted by atomic mass is 16.3. The maximum atomic E-state index is 6.15. The minimum atomic E-state index is 0.479. The zero-order chi connectivity index (χ0) is 37.6. The molecule has 0 atom stereocenters. The number of rotatable bonds is 5. The lowest BCUT2D eigenvalue weighted by atomic mass is 9.99. The van der Waals surface area contributed by atoms with E-state index in [1.54, 1.807) is 0 Å². The summed E-state index contributed by atoms with van der Waals surface area (Å²) in [6.07, 6.45) is 0. The molecule has 0 saturated carbocycles. The zero-order valence-corrected chi connectivity index (χ0v) is 30.9. The molecule has 10 rings (SSSR count). The lowest BCUT2D eigenvalue weighted by molar-refractivity contribution is 0.668. The number of nitrogens with two attached hydrogens (primary N) is 2. The van der Waals surface area contributed by atoms with Crippen LogP contribution in [0.1, 0.15) is 16.7 Å². The first-order valence-corrected chi connectivity index (χ1v) is 18.7. The molecule has 8 aromatic carbocycles. The van der Waals surface area contributed by atoms with Gasteiger partial charge in [0.15, 0.2) is 0 Å². The van der Waals surface area contributed by atoms with Crippen molar-refractivity contribution in [3.63, 3.8) is 0 Å². The Kier molecular flexibility index (Phi) is 10.3. The molecule has 0 radical (unpaired) electrons. The molecule has 0 saturated heterocycles. The molecule has 0 aliphatic carbocycles. The van der Waals surface area contributed by atoms with Gasteiger partial charge in [0, 0.05) is 40.3 Å². The Balaban J connectivity index is 0.000000238. The summed E-state index contributed by atoms with van der Waals surface area (Å²) in [5, 5.41) is 4.69. The van der Waals surface area contributed by atoms with Gasteiger partial charge in [-0.1, -0.05) is 151 Å². The van der Waals surface area contributed by atoms with Gasteiger partial charge in [-0.15, -0.1) is 0 Å². The van der Waals surface area contributed by atoms with Crippen molar-refractivity contribution >= 4 is 43.7 Å². The average Bonchev–Trinajstić information content (AvgIpc) is 3.80. The number of aromatic nitrogens is 1. The molecule has 10 aromatic rings. The van der Waals surface area contributed by atoms with Gasteiger partial charge in [-0.05, 0) is 88.8 Å². The molecule has 0 amide bonds. The van der Waals surface area contributed by atoms with Crippen LogP contribution < -0.4 is 11.5 Å². The molecular weight excluding hydrogens is 671 g/mol. The highest BCUT2D eigenvalue weighted by Gasteiger charge is 2.15. The monoisotopic (exact) mass is 713 g/mol. The van der Waals surface area contributed by atoms with Gasteiger partial charge in [-0.3, -0.25) is 0 Å². The highest BCUT2D eigenvalue weighted by Crippen LogP contribution is 2.38. The second-order valence-corrected chi connectivity index (χ2v) is 13.7. The third-order valence-corrected chi connectivity index (χ3v) is 10.0. The largest absolute Gasteiger partial charge is 0.456 e. The number of nitrogens with zero attached hydrogens (tertiary/aromatic N) is 1. The Bertz CT molecular complexity index is 2840. The van der Waals surface area contributed by atoms with Crippen LogP contribution in [0.15, 0.2) is 199 Å². The molecule has 0 spiro atoms. The molecule has 2 aromatic heterocycles. The van der Waals surface area contributed by atoms with Crippen molar-refractivity contribution in [2.24, 2.45) is 11.5 Å². The van der Waals surface area contributed by atoms with Crippen molar-refractivity contribution in [3.05, 3.63) is 211 Å². The van der Waals surface area contributed by atoms with Crippen LogP contribution in [0.3, 0.4) is 0 Å². The fourth-order valence-corrected chi connectivity index (χ4v) is 7.28. The van der Waals surface area contributed by atoms with E-state index in [1.807, 2.05) is 60.7 Å². The van der Waals surface area contributed by atoms with Crippen LogP contribution in [-0.2, 0) is 13.1 Å². The van der Waals surface area contributed by atoms with Gasteiger partial charge in [-0.2, -0.15) is 0 Å². The SMILES string of the molecule is Cc1ccccc1.NCc1cccc2oc3ccc(-c4ccc5c(c4)c4ccccc4n5-c4cccc(-c5ccccc5)c4)cc3c12.NCc1ccccc1. The Morgan fingerprint density at radius 2 is 1.04 bits per heavy atom. The van der Waals surface area contributed by atoms with Crippen molar-refractivity contribution in [1.82, 2.24) is 4.57 Å². The summed E-state index contributed by atoms with van der Waals surface area (Å²) in [5.74, 6) is 0. The first-order chi connectivity index (χ1) is 27.1. The maximum Gasteiger partial charge on any atom is 0.135 e. The fourth-order valence-electron chi connectivity index (χ4n) is 7.28. The molecule has 4 nitrogen and oxygen atoms in total. The number of hydrogen-bond acceptors (Lipinski definition) is 3. The molecular formula is C51H43N3O. The third-order valence-electron chi connectivity index (χ3n) is 10.0. The maximum absolute atomic E-state index is 6.15. The van der Waals surface area contributed by atoms with Crippen LogP contribution in [-0.4, -0.2) is 4.57 Å². The molecule has 0 fully saturated rings. The first-order valence-electron chi connectivity index (χ1n) is 18.7. The topological polar surface area (TPSA) is 70.1 Å². The number of benzene rings is 8. The van der Waals surface area contributed by atoms with Crippen molar-refractivity contribution < 1.29 is 4.42 Å². The molecule has 4 heteroatoms. The Labute approximate surface area is 321 Å². The van der Waals surface area contributed by atoms with E-state index in [4.69, 9.17) is 15.9 Å². The second-order valence-electron chi connectivity index (χ2n) is 13.7. The normalized spacial score (nSPS) is 11.0. The summed E-state index contributed by atoms with van der Waals surface area (Å²) in [6, 6.07) is 67.6. The Morgan fingerprint density at radius 1 is 0.436 bits per heavy atom. The Hall–Kier alpha value is -6.72. The summed E-state index contributed by atoms with van der Waals surface area (Å²) in [6.45, 7) is 3.20. The average molecular weight is 714 g/mol. The van der Waals surface area contributed by atoms with Gasteiger partial charge in [0.25, 0.3) is 0 Å². The lowest BCUT2D eigenvalue weighted by Gasteiger charge is -2.11. The van der Waals surface area contributed by atoms with E-state index in [0.717, 1.165) is 38.8 Å². The molecule has 0 aliphatic rings. The lowest BCUT2D eigenvalue weighted by Crippen LogP contribution is -1.96. The van der Waals surface area contributed by atoms with E-state index in [0.29, 0.717) is 13.1 Å². The molecule has 0 bridgehead atoms. The summed E-state index contributed by atoms with van der Waals surface area (Å²) in [7, 11) is 0. The standard InChI is InChI=1S/C37H26N2O.C7H9N.C7H8/c38-23-28-11-7-15-36-37(28)32-22-27(17-19-35(32)40-36)26-16-18-34-31(21-26)30-13-4-5-14-33(30)39(34)29-12-6-10-25(20-29)24-8-2-1-3-9-24;8-6-7-4-2-1-3-5-7;1-7-5-3-2-4-6-7/h1-22H,23,38H2;1-5H,6,8H2;2-6H,1H3. The summed E-state index contributed by atoms with van der Waals surface area (Å²) < 4.78 is 8.52. The van der Waals surface area contributed by atoms with Crippen molar-refractivity contribution in [2.45, 2.75) is 20.0 Å². The number of hydrogen-bond donors (Lipinski definition) is 2. The molecule has 55 heavy (non-hydrogen) atoms.